The minimum absolute atomic E-state index is 0.0324. The first-order valence-electron chi connectivity index (χ1n) is 4.74. The van der Waals surface area contributed by atoms with Gasteiger partial charge < -0.3 is 15.2 Å². The van der Waals surface area contributed by atoms with E-state index in [-0.39, 0.29) is 12.5 Å². The van der Waals surface area contributed by atoms with Gasteiger partial charge in [-0.2, -0.15) is 0 Å². The molecule has 0 aromatic rings. The van der Waals surface area contributed by atoms with Crippen LogP contribution >= 0.6 is 0 Å². The Morgan fingerprint density at radius 1 is 1.47 bits per heavy atom. The van der Waals surface area contributed by atoms with Gasteiger partial charge in [0.25, 0.3) is 0 Å². The topological polar surface area (TPSA) is 75.6 Å². The van der Waals surface area contributed by atoms with E-state index in [0.717, 1.165) is 5.57 Å². The first-order valence-corrected chi connectivity index (χ1v) is 4.74. The van der Waals surface area contributed by atoms with Gasteiger partial charge in [0.2, 0.25) is 5.91 Å². The van der Waals surface area contributed by atoms with Gasteiger partial charge in [0, 0.05) is 19.1 Å². The maximum absolute atomic E-state index is 11.4. The third-order valence-electron chi connectivity index (χ3n) is 2.21. The van der Waals surface area contributed by atoms with Crippen LogP contribution in [-0.2, 0) is 14.3 Å². The Kier molecular flexibility index (Phi) is 3.47. The number of amides is 1. The Balaban J connectivity index is 2.72. The average molecular weight is 213 g/mol. The summed E-state index contributed by atoms with van der Waals surface area (Å²) in [5.74, 6) is -1.43. The van der Waals surface area contributed by atoms with Crippen LogP contribution in [0.4, 0.5) is 0 Å². The Bertz CT molecular complexity index is 299. The van der Waals surface area contributed by atoms with Crippen molar-refractivity contribution in [2.75, 3.05) is 13.2 Å². The van der Waals surface area contributed by atoms with Crippen LogP contribution in [0.5, 0.6) is 0 Å². The molecule has 84 valence electrons. The molecular formula is C10H15NO4. The van der Waals surface area contributed by atoms with Crippen molar-refractivity contribution < 1.29 is 19.4 Å². The highest BCUT2D eigenvalue weighted by Gasteiger charge is 2.43. The third-order valence-corrected chi connectivity index (χ3v) is 2.21. The molecule has 0 aliphatic carbocycles. The number of nitrogens with one attached hydrogen (secondary N) is 1. The number of carbonyl (C=O) groups is 2. The summed E-state index contributed by atoms with van der Waals surface area (Å²) in [7, 11) is 0. The summed E-state index contributed by atoms with van der Waals surface area (Å²) in [5, 5.41) is 11.5. The van der Waals surface area contributed by atoms with E-state index in [1.54, 1.807) is 13.8 Å². The van der Waals surface area contributed by atoms with E-state index in [0.29, 0.717) is 13.0 Å². The Morgan fingerprint density at radius 2 is 2.13 bits per heavy atom. The lowest BCUT2D eigenvalue weighted by atomic mass is 9.99. The van der Waals surface area contributed by atoms with Crippen LogP contribution in [0, 0.1) is 0 Å². The largest absolute Gasteiger partial charge is 0.479 e. The van der Waals surface area contributed by atoms with Crippen LogP contribution in [0.1, 0.15) is 20.3 Å². The summed E-state index contributed by atoms with van der Waals surface area (Å²) in [6.07, 6.45) is 1.69. The molecule has 1 amide bonds. The van der Waals surface area contributed by atoms with Gasteiger partial charge in [0.15, 0.2) is 5.54 Å². The summed E-state index contributed by atoms with van der Waals surface area (Å²) in [6, 6.07) is 0. The standard InChI is InChI=1S/C10H15NO4/c1-7(2)5-8(12)11-10(9(13)14)3-4-15-6-10/h5H,3-4,6H2,1-2H3,(H,11,12)(H,13,14). The summed E-state index contributed by atoms with van der Waals surface area (Å²) < 4.78 is 5.01. The van der Waals surface area contributed by atoms with Gasteiger partial charge in [-0.05, 0) is 13.8 Å². The van der Waals surface area contributed by atoms with Gasteiger partial charge in [-0.25, -0.2) is 4.79 Å². The SMILES string of the molecule is CC(C)=CC(=O)NC1(C(=O)O)CCOC1. The molecule has 1 aliphatic rings. The Labute approximate surface area is 88.1 Å². The van der Waals surface area contributed by atoms with Crippen molar-refractivity contribution in [1.82, 2.24) is 5.32 Å². The number of carboxylic acid groups (broad SMARTS) is 1. The van der Waals surface area contributed by atoms with Gasteiger partial charge in [-0.3, -0.25) is 4.79 Å². The second kappa shape index (κ2) is 4.44. The van der Waals surface area contributed by atoms with Crippen molar-refractivity contribution in [3.05, 3.63) is 11.6 Å². The number of ether oxygens (including phenoxy) is 1. The predicted octanol–water partition coefficient (Wildman–Crippen LogP) is 0.312. The number of carboxylic acids is 1. The van der Waals surface area contributed by atoms with Crippen molar-refractivity contribution >= 4 is 11.9 Å². The molecule has 1 unspecified atom stereocenters. The van der Waals surface area contributed by atoms with E-state index in [4.69, 9.17) is 9.84 Å². The fourth-order valence-corrected chi connectivity index (χ4v) is 1.42. The first kappa shape index (κ1) is 11.7. The molecule has 1 saturated heterocycles. The van der Waals surface area contributed by atoms with Crippen molar-refractivity contribution in [3.8, 4) is 0 Å². The third kappa shape index (κ3) is 2.79. The van der Waals surface area contributed by atoms with Gasteiger partial charge in [0.05, 0.1) is 6.61 Å². The zero-order valence-corrected chi connectivity index (χ0v) is 8.87. The van der Waals surface area contributed by atoms with Crippen molar-refractivity contribution in [3.63, 3.8) is 0 Å². The normalized spacial score (nSPS) is 24.7. The van der Waals surface area contributed by atoms with E-state index in [9.17, 15) is 9.59 Å². The molecule has 1 atom stereocenters. The quantitative estimate of drug-likeness (QED) is 0.662. The fraction of sp³-hybridized carbons (Fsp3) is 0.600. The maximum atomic E-state index is 11.4. The Hall–Kier alpha value is -1.36. The van der Waals surface area contributed by atoms with Crippen LogP contribution in [0.3, 0.4) is 0 Å². The summed E-state index contributed by atoms with van der Waals surface area (Å²) in [5.41, 5.74) is -0.421. The number of rotatable bonds is 3. The number of aliphatic carboxylic acids is 1. The van der Waals surface area contributed by atoms with Gasteiger partial charge in [-0.15, -0.1) is 0 Å². The van der Waals surface area contributed by atoms with Crippen molar-refractivity contribution in [1.29, 1.82) is 0 Å². The number of allylic oxidation sites excluding steroid dienone is 1. The molecule has 5 heteroatoms. The van der Waals surface area contributed by atoms with Gasteiger partial charge in [0.1, 0.15) is 0 Å². The van der Waals surface area contributed by atoms with E-state index >= 15 is 0 Å². The zero-order valence-electron chi connectivity index (χ0n) is 8.87. The van der Waals surface area contributed by atoms with Gasteiger partial charge in [-0.1, -0.05) is 5.57 Å². The monoisotopic (exact) mass is 213 g/mol. The van der Waals surface area contributed by atoms with E-state index in [1.165, 1.54) is 6.08 Å². The molecule has 1 heterocycles. The lowest BCUT2D eigenvalue weighted by molar-refractivity contribution is -0.147. The highest BCUT2D eigenvalue weighted by molar-refractivity contribution is 5.93. The molecule has 0 saturated carbocycles. The number of hydrogen-bond acceptors (Lipinski definition) is 3. The molecule has 0 aromatic heterocycles. The minimum atomic E-state index is -1.25. The van der Waals surface area contributed by atoms with Crippen LogP contribution in [0.2, 0.25) is 0 Å². The molecule has 1 aliphatic heterocycles. The second-order valence-corrected chi connectivity index (χ2v) is 3.90. The lowest BCUT2D eigenvalue weighted by Crippen LogP contribution is -2.54. The predicted molar refractivity (Wildman–Crippen MR) is 53.4 cm³/mol. The zero-order chi connectivity index (χ0) is 11.5. The van der Waals surface area contributed by atoms with Gasteiger partial charge >= 0.3 is 5.97 Å². The maximum Gasteiger partial charge on any atom is 0.331 e. The van der Waals surface area contributed by atoms with Crippen molar-refractivity contribution in [2.45, 2.75) is 25.8 Å². The van der Waals surface area contributed by atoms with Crippen molar-refractivity contribution in [2.24, 2.45) is 0 Å². The minimum Gasteiger partial charge on any atom is -0.479 e. The van der Waals surface area contributed by atoms with E-state index in [2.05, 4.69) is 5.32 Å². The molecule has 0 spiro atoms. The van der Waals surface area contributed by atoms with Crippen LogP contribution in [0.15, 0.2) is 11.6 Å². The molecular weight excluding hydrogens is 198 g/mol. The lowest BCUT2D eigenvalue weighted by Gasteiger charge is -2.22. The smallest absolute Gasteiger partial charge is 0.331 e. The average Bonchev–Trinajstić information content (AvgIpc) is 2.52. The molecule has 0 radical (unpaired) electrons. The van der Waals surface area contributed by atoms with E-state index in [1.807, 2.05) is 0 Å². The Morgan fingerprint density at radius 3 is 2.53 bits per heavy atom. The summed E-state index contributed by atoms with van der Waals surface area (Å²) in [6.45, 7) is 3.95. The van der Waals surface area contributed by atoms with Crippen LogP contribution in [0.25, 0.3) is 0 Å². The number of carbonyl (C=O) groups excluding carboxylic acids is 1. The number of hydrogen-bond donors (Lipinski definition) is 2. The molecule has 0 aromatic carbocycles. The first-order chi connectivity index (χ1) is 6.96. The molecule has 5 nitrogen and oxygen atoms in total. The molecule has 1 fully saturated rings. The molecule has 15 heavy (non-hydrogen) atoms. The summed E-state index contributed by atoms with van der Waals surface area (Å²) >= 11 is 0. The molecule has 2 N–H and O–H groups in total. The fourth-order valence-electron chi connectivity index (χ4n) is 1.42. The summed E-state index contributed by atoms with van der Waals surface area (Å²) in [4.78, 5) is 22.4. The highest BCUT2D eigenvalue weighted by Crippen LogP contribution is 2.18. The van der Waals surface area contributed by atoms with Crippen LogP contribution < -0.4 is 5.32 Å². The van der Waals surface area contributed by atoms with Crippen LogP contribution in [-0.4, -0.2) is 35.7 Å². The van der Waals surface area contributed by atoms with E-state index < -0.39 is 11.5 Å². The molecule has 1 rings (SSSR count). The highest BCUT2D eigenvalue weighted by atomic mass is 16.5. The second-order valence-electron chi connectivity index (χ2n) is 3.90. The molecule has 0 bridgehead atoms.